The van der Waals surface area contributed by atoms with Gasteiger partial charge in [-0.05, 0) is 24.3 Å². The number of benzene rings is 3. The number of anilines is 2. The molecule has 0 heterocycles. The molecule has 2 N–H and O–H groups in total. The van der Waals surface area contributed by atoms with E-state index in [1.54, 1.807) is 18.2 Å². The van der Waals surface area contributed by atoms with Crippen molar-refractivity contribution in [3.05, 3.63) is 94.5 Å². The molecule has 3 aromatic carbocycles. The summed E-state index contributed by atoms with van der Waals surface area (Å²) < 4.78 is 38.5. The number of ketones is 2. The van der Waals surface area contributed by atoms with Gasteiger partial charge in [0.05, 0.1) is 16.8 Å². The number of nitrogens with one attached hydrogen (secondary N) is 2. The van der Waals surface area contributed by atoms with E-state index in [4.69, 9.17) is 0 Å². The molecule has 0 bridgehead atoms. The Bertz CT molecular complexity index is 1200. The lowest BCUT2D eigenvalue weighted by molar-refractivity contribution is -0.137. The third kappa shape index (κ3) is 3.43. The molecule has 8 heteroatoms. The Morgan fingerprint density at radius 3 is 2.07 bits per heavy atom. The van der Waals surface area contributed by atoms with Crippen LogP contribution >= 0.6 is 0 Å². The van der Waals surface area contributed by atoms with Crippen LogP contribution in [0.1, 0.15) is 37.4 Å². The number of urea groups is 1. The van der Waals surface area contributed by atoms with Crippen LogP contribution in [0, 0.1) is 0 Å². The van der Waals surface area contributed by atoms with Crippen LogP contribution in [0.2, 0.25) is 0 Å². The Labute approximate surface area is 168 Å². The number of alkyl halides is 3. The highest BCUT2D eigenvalue weighted by Gasteiger charge is 2.32. The minimum atomic E-state index is -4.55. The van der Waals surface area contributed by atoms with E-state index in [2.05, 4.69) is 10.6 Å². The number of hydrogen-bond acceptors (Lipinski definition) is 3. The molecule has 0 aliphatic heterocycles. The Morgan fingerprint density at radius 1 is 0.733 bits per heavy atom. The molecule has 0 saturated carbocycles. The van der Waals surface area contributed by atoms with Crippen LogP contribution in [-0.4, -0.2) is 17.6 Å². The van der Waals surface area contributed by atoms with Gasteiger partial charge in [-0.25, -0.2) is 4.79 Å². The predicted molar refractivity (Wildman–Crippen MR) is 104 cm³/mol. The lowest BCUT2D eigenvalue weighted by atomic mass is 9.83. The van der Waals surface area contributed by atoms with Crippen molar-refractivity contribution in [3.63, 3.8) is 0 Å². The zero-order valence-corrected chi connectivity index (χ0v) is 15.2. The predicted octanol–water partition coefficient (Wildman–Crippen LogP) is 5.12. The SMILES string of the molecule is O=C(Nc1cccc(C(F)(F)F)c1)Nc1cccc2c1C(=O)c1ccccc1C2=O. The summed E-state index contributed by atoms with van der Waals surface area (Å²) in [6.45, 7) is 0. The summed E-state index contributed by atoms with van der Waals surface area (Å²) in [4.78, 5) is 38.0. The molecule has 1 aliphatic carbocycles. The van der Waals surface area contributed by atoms with E-state index >= 15 is 0 Å². The summed E-state index contributed by atoms with van der Waals surface area (Å²) in [7, 11) is 0. The minimum Gasteiger partial charge on any atom is -0.308 e. The van der Waals surface area contributed by atoms with Crippen molar-refractivity contribution in [2.45, 2.75) is 6.18 Å². The van der Waals surface area contributed by atoms with Crippen LogP contribution in [-0.2, 0) is 6.18 Å². The summed E-state index contributed by atoms with van der Waals surface area (Å²) in [5.74, 6) is -0.766. The van der Waals surface area contributed by atoms with E-state index in [0.717, 1.165) is 12.1 Å². The molecule has 0 radical (unpaired) electrons. The van der Waals surface area contributed by atoms with Gasteiger partial charge in [0, 0.05) is 22.4 Å². The van der Waals surface area contributed by atoms with Crippen molar-refractivity contribution >= 4 is 29.0 Å². The van der Waals surface area contributed by atoms with E-state index in [-0.39, 0.29) is 39.4 Å². The maximum absolute atomic E-state index is 12.9. The third-order valence-corrected chi connectivity index (χ3v) is 4.65. The molecular formula is C22H13F3N2O3. The lowest BCUT2D eigenvalue weighted by Gasteiger charge is -2.20. The van der Waals surface area contributed by atoms with Gasteiger partial charge >= 0.3 is 12.2 Å². The Morgan fingerprint density at radius 2 is 1.37 bits per heavy atom. The number of hydrogen-bond donors (Lipinski definition) is 2. The first-order valence-corrected chi connectivity index (χ1v) is 8.82. The topological polar surface area (TPSA) is 75.3 Å². The van der Waals surface area contributed by atoms with Gasteiger partial charge < -0.3 is 10.6 Å². The molecule has 0 atom stereocenters. The number of amides is 2. The second-order valence-electron chi connectivity index (χ2n) is 6.59. The minimum absolute atomic E-state index is 0.0420. The van der Waals surface area contributed by atoms with Gasteiger partial charge in [-0.2, -0.15) is 13.2 Å². The van der Waals surface area contributed by atoms with E-state index in [1.807, 2.05) is 0 Å². The highest BCUT2D eigenvalue weighted by molar-refractivity contribution is 6.30. The third-order valence-electron chi connectivity index (χ3n) is 4.65. The van der Waals surface area contributed by atoms with Gasteiger partial charge in [0.15, 0.2) is 11.6 Å². The first-order chi connectivity index (χ1) is 14.3. The van der Waals surface area contributed by atoms with Crippen LogP contribution in [0.15, 0.2) is 66.7 Å². The molecule has 2 amide bonds. The summed E-state index contributed by atoms with van der Waals surface area (Å²) in [6, 6.07) is 14.1. The molecule has 0 fully saturated rings. The van der Waals surface area contributed by atoms with E-state index in [9.17, 15) is 27.6 Å². The lowest BCUT2D eigenvalue weighted by Crippen LogP contribution is -2.25. The molecule has 0 saturated heterocycles. The normalized spacial score (nSPS) is 12.8. The van der Waals surface area contributed by atoms with Crippen LogP contribution < -0.4 is 10.6 Å². The molecule has 0 spiro atoms. The summed E-state index contributed by atoms with van der Waals surface area (Å²) in [6.07, 6.45) is -4.55. The standard InChI is InChI=1S/C22H13F3N2O3/c23-22(24,25)12-5-3-6-13(11-12)26-21(30)27-17-10-4-9-16-18(17)20(29)15-8-2-1-7-14(15)19(16)28/h1-11H,(H2,26,27,30). The average Bonchev–Trinajstić information content (AvgIpc) is 2.71. The molecule has 150 valence electrons. The highest BCUT2D eigenvalue weighted by atomic mass is 19.4. The van der Waals surface area contributed by atoms with Gasteiger partial charge in [-0.1, -0.05) is 42.5 Å². The molecule has 4 rings (SSSR count). The van der Waals surface area contributed by atoms with E-state index in [0.29, 0.717) is 0 Å². The molecular weight excluding hydrogens is 397 g/mol. The van der Waals surface area contributed by atoms with Crippen molar-refractivity contribution in [1.29, 1.82) is 0 Å². The number of halogens is 3. The summed E-state index contributed by atoms with van der Waals surface area (Å²) in [5.41, 5.74) is -0.196. The summed E-state index contributed by atoms with van der Waals surface area (Å²) >= 11 is 0. The van der Waals surface area contributed by atoms with Gasteiger partial charge in [0.2, 0.25) is 0 Å². The molecule has 0 unspecified atom stereocenters. The number of carbonyl (C=O) groups is 3. The van der Waals surface area contributed by atoms with Crippen molar-refractivity contribution in [2.75, 3.05) is 10.6 Å². The average molecular weight is 410 g/mol. The number of carbonyl (C=O) groups excluding carboxylic acids is 3. The van der Waals surface area contributed by atoms with Crippen LogP contribution in [0.3, 0.4) is 0 Å². The van der Waals surface area contributed by atoms with Crippen LogP contribution in [0.5, 0.6) is 0 Å². The van der Waals surface area contributed by atoms with Gasteiger partial charge in [-0.3, -0.25) is 9.59 Å². The zero-order chi connectivity index (χ0) is 21.5. The van der Waals surface area contributed by atoms with Crippen LogP contribution in [0.4, 0.5) is 29.3 Å². The van der Waals surface area contributed by atoms with Crippen LogP contribution in [0.25, 0.3) is 0 Å². The molecule has 30 heavy (non-hydrogen) atoms. The fraction of sp³-hybridized carbons (Fsp3) is 0.0455. The smallest absolute Gasteiger partial charge is 0.308 e. The fourth-order valence-electron chi connectivity index (χ4n) is 3.31. The van der Waals surface area contributed by atoms with Crippen molar-refractivity contribution in [1.82, 2.24) is 0 Å². The molecule has 3 aromatic rings. The maximum atomic E-state index is 12.9. The highest BCUT2D eigenvalue weighted by Crippen LogP contribution is 2.33. The number of rotatable bonds is 2. The van der Waals surface area contributed by atoms with Gasteiger partial charge in [0.1, 0.15) is 0 Å². The van der Waals surface area contributed by atoms with Crippen molar-refractivity contribution in [3.8, 4) is 0 Å². The van der Waals surface area contributed by atoms with E-state index in [1.165, 1.54) is 36.4 Å². The van der Waals surface area contributed by atoms with Gasteiger partial charge in [0.25, 0.3) is 0 Å². The monoisotopic (exact) mass is 410 g/mol. The van der Waals surface area contributed by atoms with Crippen molar-refractivity contribution < 1.29 is 27.6 Å². The fourth-order valence-corrected chi connectivity index (χ4v) is 3.31. The number of fused-ring (bicyclic) bond motifs is 2. The first kappa shape index (κ1) is 19.4. The molecule has 0 aromatic heterocycles. The largest absolute Gasteiger partial charge is 0.416 e. The maximum Gasteiger partial charge on any atom is 0.416 e. The molecule has 1 aliphatic rings. The summed E-state index contributed by atoms with van der Waals surface area (Å²) in [5, 5.41) is 4.76. The first-order valence-electron chi connectivity index (χ1n) is 8.82. The molecule has 5 nitrogen and oxygen atoms in total. The second-order valence-corrected chi connectivity index (χ2v) is 6.59. The Balaban J connectivity index is 1.62. The van der Waals surface area contributed by atoms with Gasteiger partial charge in [-0.15, -0.1) is 0 Å². The Kier molecular flexibility index (Phi) is 4.62. The second kappa shape index (κ2) is 7.14. The van der Waals surface area contributed by atoms with Crippen molar-refractivity contribution in [2.24, 2.45) is 0 Å². The quantitative estimate of drug-likeness (QED) is 0.481. The van der Waals surface area contributed by atoms with E-state index < -0.39 is 23.6 Å². The zero-order valence-electron chi connectivity index (χ0n) is 15.2. The Hall–Kier alpha value is -3.94.